The minimum Gasteiger partial charge on any atom is -0.325 e. The predicted molar refractivity (Wildman–Crippen MR) is 152 cm³/mol. The third kappa shape index (κ3) is 6.73. The minimum absolute atomic E-state index is 0.00868. The molecule has 0 spiro atoms. The van der Waals surface area contributed by atoms with E-state index in [0.717, 1.165) is 8.78 Å². The Balaban J connectivity index is 1.52. The van der Waals surface area contributed by atoms with Crippen molar-refractivity contribution in [2.24, 2.45) is 0 Å². The van der Waals surface area contributed by atoms with Crippen molar-refractivity contribution in [2.75, 3.05) is 20.9 Å². The fourth-order valence-electron chi connectivity index (χ4n) is 3.45. The molecule has 0 saturated carbocycles. The monoisotopic (exact) mass is 633 g/mol. The molecule has 0 unspecified atom stereocenters. The number of halogens is 2. The average Bonchev–Trinajstić information content (AvgIpc) is 2.89. The van der Waals surface area contributed by atoms with Crippen molar-refractivity contribution in [3.8, 4) is 0 Å². The van der Waals surface area contributed by atoms with Gasteiger partial charge >= 0.3 is 0 Å². The molecule has 0 aromatic heterocycles. The highest BCUT2D eigenvalue weighted by Crippen LogP contribution is 2.26. The zero-order valence-corrected chi connectivity index (χ0v) is 23.6. The molecule has 4 aromatic carbocycles. The van der Waals surface area contributed by atoms with Gasteiger partial charge < -0.3 is 5.32 Å². The van der Waals surface area contributed by atoms with E-state index in [1.807, 2.05) is 0 Å². The van der Waals surface area contributed by atoms with Crippen molar-refractivity contribution in [1.29, 1.82) is 0 Å². The molecular formula is C26H21BrClN3O5S2. The number of amides is 1. The van der Waals surface area contributed by atoms with Crippen LogP contribution in [0.15, 0.2) is 117 Å². The van der Waals surface area contributed by atoms with E-state index in [0.29, 0.717) is 16.4 Å². The maximum atomic E-state index is 13.4. The number of nitrogens with zero attached hydrogens (tertiary/aromatic N) is 1. The van der Waals surface area contributed by atoms with Gasteiger partial charge in [-0.05, 0) is 78.9 Å². The van der Waals surface area contributed by atoms with Crippen molar-refractivity contribution in [2.45, 2.75) is 9.79 Å². The molecule has 0 radical (unpaired) electrons. The average molecular weight is 635 g/mol. The first kappa shape index (κ1) is 27.6. The maximum absolute atomic E-state index is 13.4. The Kier molecular flexibility index (Phi) is 8.41. The Morgan fingerprint density at radius 1 is 0.763 bits per heavy atom. The molecule has 0 bridgehead atoms. The Morgan fingerprint density at radius 3 is 2.03 bits per heavy atom. The van der Waals surface area contributed by atoms with Gasteiger partial charge in [-0.25, -0.2) is 16.8 Å². The summed E-state index contributed by atoms with van der Waals surface area (Å²) in [6.07, 6.45) is 0. The number of rotatable bonds is 9. The molecular weight excluding hydrogens is 614 g/mol. The van der Waals surface area contributed by atoms with E-state index in [1.54, 1.807) is 54.6 Å². The lowest BCUT2D eigenvalue weighted by Gasteiger charge is -2.24. The van der Waals surface area contributed by atoms with E-state index in [9.17, 15) is 21.6 Å². The predicted octanol–water partition coefficient (Wildman–Crippen LogP) is 5.74. The molecule has 0 aliphatic rings. The fraction of sp³-hybridized carbons (Fsp3) is 0.0385. The van der Waals surface area contributed by atoms with Crippen LogP contribution in [-0.4, -0.2) is 29.3 Å². The first-order valence-corrected chi connectivity index (χ1v) is 15.2. The molecule has 0 aliphatic heterocycles. The van der Waals surface area contributed by atoms with Crippen LogP contribution in [0.1, 0.15) is 0 Å². The lowest BCUT2D eigenvalue weighted by molar-refractivity contribution is -0.114. The number of sulfonamides is 2. The summed E-state index contributed by atoms with van der Waals surface area (Å²) in [4.78, 5) is 12.9. The van der Waals surface area contributed by atoms with Crippen LogP contribution >= 0.6 is 27.5 Å². The highest BCUT2D eigenvalue weighted by Gasteiger charge is 2.27. The molecule has 1 amide bonds. The van der Waals surface area contributed by atoms with Crippen LogP contribution in [0, 0.1) is 0 Å². The maximum Gasteiger partial charge on any atom is 0.264 e. The molecule has 0 heterocycles. The van der Waals surface area contributed by atoms with E-state index in [2.05, 4.69) is 26.0 Å². The molecule has 4 aromatic rings. The first-order chi connectivity index (χ1) is 18.0. The van der Waals surface area contributed by atoms with Gasteiger partial charge in [-0.1, -0.05) is 51.8 Å². The zero-order chi connectivity index (χ0) is 27.3. The van der Waals surface area contributed by atoms with E-state index in [4.69, 9.17) is 11.6 Å². The summed E-state index contributed by atoms with van der Waals surface area (Å²) >= 11 is 9.38. The van der Waals surface area contributed by atoms with Crippen molar-refractivity contribution in [1.82, 2.24) is 0 Å². The molecule has 4 rings (SSSR count). The minimum atomic E-state index is -4.09. The molecule has 0 fully saturated rings. The number of anilines is 3. The quantitative estimate of drug-likeness (QED) is 0.244. The van der Waals surface area contributed by atoms with Crippen molar-refractivity contribution in [3.63, 3.8) is 0 Å². The van der Waals surface area contributed by atoms with Gasteiger partial charge in [0.25, 0.3) is 20.0 Å². The molecule has 8 nitrogen and oxygen atoms in total. The van der Waals surface area contributed by atoms with Crippen LogP contribution in [0.5, 0.6) is 0 Å². The molecule has 12 heteroatoms. The summed E-state index contributed by atoms with van der Waals surface area (Å²) in [6, 6.07) is 26.1. The van der Waals surface area contributed by atoms with Gasteiger partial charge in [0, 0.05) is 20.9 Å². The summed E-state index contributed by atoms with van der Waals surface area (Å²) in [5.74, 6) is -0.631. The Bertz CT molecular complexity index is 1650. The van der Waals surface area contributed by atoms with Crippen LogP contribution in [-0.2, 0) is 24.8 Å². The SMILES string of the molecule is O=C(CN(c1cccc(Cl)c1)S(=O)(=O)c1ccccc1)Nc1ccc(S(=O)(=O)Nc2ccc(Br)cc2)cc1. The molecule has 0 atom stereocenters. The number of carbonyl (C=O) groups excluding carboxylic acids is 1. The van der Waals surface area contributed by atoms with Crippen LogP contribution in [0.2, 0.25) is 5.02 Å². The standard InChI is InChI=1S/C26H21BrClN3O5S2/c27-19-9-11-22(12-10-19)30-37(33,34)24-15-13-21(14-16-24)29-26(32)18-31(23-6-4-5-20(28)17-23)38(35,36)25-7-2-1-3-8-25/h1-17,30H,18H2,(H,29,32). The molecule has 196 valence electrons. The number of hydrogen-bond acceptors (Lipinski definition) is 5. The van der Waals surface area contributed by atoms with Gasteiger partial charge in [-0.15, -0.1) is 0 Å². The normalized spacial score (nSPS) is 11.5. The van der Waals surface area contributed by atoms with Gasteiger partial charge in [-0.2, -0.15) is 0 Å². The summed E-state index contributed by atoms with van der Waals surface area (Å²) in [7, 11) is -7.95. The lowest BCUT2D eigenvalue weighted by atomic mass is 10.3. The molecule has 0 saturated heterocycles. The zero-order valence-electron chi connectivity index (χ0n) is 19.6. The number of nitrogens with one attached hydrogen (secondary N) is 2. The summed E-state index contributed by atoms with van der Waals surface area (Å²) in [5, 5.41) is 2.93. The third-order valence-corrected chi connectivity index (χ3v) is 9.21. The summed E-state index contributed by atoms with van der Waals surface area (Å²) < 4.78 is 56.4. The second-order valence-electron chi connectivity index (χ2n) is 7.99. The second-order valence-corrected chi connectivity index (χ2v) is 12.9. The Labute approximate surface area is 234 Å². The van der Waals surface area contributed by atoms with Crippen LogP contribution in [0.25, 0.3) is 0 Å². The van der Waals surface area contributed by atoms with E-state index in [1.165, 1.54) is 48.5 Å². The molecule has 38 heavy (non-hydrogen) atoms. The number of hydrogen-bond donors (Lipinski definition) is 2. The van der Waals surface area contributed by atoms with Gasteiger partial charge in [0.15, 0.2) is 0 Å². The van der Waals surface area contributed by atoms with Crippen molar-refractivity contribution >= 4 is 70.5 Å². The molecule has 2 N–H and O–H groups in total. The first-order valence-electron chi connectivity index (χ1n) is 11.1. The number of benzene rings is 4. The highest BCUT2D eigenvalue weighted by molar-refractivity contribution is 9.10. The van der Waals surface area contributed by atoms with Crippen molar-refractivity contribution < 1.29 is 21.6 Å². The Hall–Kier alpha value is -3.38. The fourth-order valence-corrected chi connectivity index (χ4v) is 6.39. The second kappa shape index (κ2) is 11.6. The van der Waals surface area contributed by atoms with Crippen LogP contribution in [0.4, 0.5) is 17.1 Å². The third-order valence-electron chi connectivity index (χ3n) is 5.26. The van der Waals surface area contributed by atoms with Gasteiger partial charge in [-0.3, -0.25) is 13.8 Å². The van der Waals surface area contributed by atoms with Crippen LogP contribution < -0.4 is 14.3 Å². The number of carbonyl (C=O) groups is 1. The highest BCUT2D eigenvalue weighted by atomic mass is 79.9. The van der Waals surface area contributed by atoms with E-state index in [-0.39, 0.29) is 15.5 Å². The summed E-state index contributed by atoms with van der Waals surface area (Å²) in [6.45, 7) is -0.539. The van der Waals surface area contributed by atoms with Gasteiger partial charge in [0.1, 0.15) is 6.54 Å². The van der Waals surface area contributed by atoms with E-state index < -0.39 is 32.5 Å². The molecule has 0 aliphatic carbocycles. The lowest BCUT2D eigenvalue weighted by Crippen LogP contribution is -2.38. The largest absolute Gasteiger partial charge is 0.325 e. The van der Waals surface area contributed by atoms with Gasteiger partial charge in [0.05, 0.1) is 15.5 Å². The van der Waals surface area contributed by atoms with Crippen molar-refractivity contribution in [3.05, 3.63) is 113 Å². The van der Waals surface area contributed by atoms with E-state index >= 15 is 0 Å². The Morgan fingerprint density at radius 2 is 1.39 bits per heavy atom. The van der Waals surface area contributed by atoms with Crippen LogP contribution in [0.3, 0.4) is 0 Å². The summed E-state index contributed by atoms with van der Waals surface area (Å²) in [5.41, 5.74) is 0.906. The van der Waals surface area contributed by atoms with Gasteiger partial charge in [0.2, 0.25) is 5.91 Å². The smallest absolute Gasteiger partial charge is 0.264 e. The topological polar surface area (TPSA) is 113 Å².